The summed E-state index contributed by atoms with van der Waals surface area (Å²) in [6.45, 7) is 3.33. The average Bonchev–Trinajstić information content (AvgIpc) is 3.52. The van der Waals surface area contributed by atoms with E-state index in [9.17, 15) is 9.90 Å². The second kappa shape index (κ2) is 9.34. The van der Waals surface area contributed by atoms with Crippen LogP contribution in [0.1, 0.15) is 56.7 Å². The zero-order valence-electron chi connectivity index (χ0n) is 20.0. The quantitative estimate of drug-likeness (QED) is 0.549. The van der Waals surface area contributed by atoms with Gasteiger partial charge in [-0.25, -0.2) is 9.50 Å². The molecule has 10 heteroatoms. The topological polar surface area (TPSA) is 110 Å². The number of likely N-dealkylation sites (N-methyl/N-ethyl adjacent to an activating group) is 1. The van der Waals surface area contributed by atoms with Gasteiger partial charge in [-0.15, -0.1) is 5.10 Å². The molecule has 2 fully saturated rings. The van der Waals surface area contributed by atoms with E-state index in [1.807, 2.05) is 37.1 Å². The SMILES string of the molecule is COC[C@H](C)Nc1ncc2c(-c3cnn(C4CCN(C)C4=O)c3)cc(C3CCC(O)CC3)n2n1. The first kappa shape index (κ1) is 22.8. The number of aliphatic hydroxyl groups is 1. The van der Waals surface area contributed by atoms with Crippen LogP contribution < -0.4 is 5.32 Å². The van der Waals surface area contributed by atoms with E-state index in [1.54, 1.807) is 16.7 Å². The number of carbonyl (C=O) groups excluding carboxylic acids is 1. The van der Waals surface area contributed by atoms with Gasteiger partial charge in [-0.1, -0.05) is 0 Å². The minimum Gasteiger partial charge on any atom is -0.393 e. The Labute approximate surface area is 198 Å². The van der Waals surface area contributed by atoms with Crippen LogP contribution in [0.15, 0.2) is 24.7 Å². The molecule has 10 nitrogen and oxygen atoms in total. The van der Waals surface area contributed by atoms with Gasteiger partial charge in [0, 0.05) is 55.7 Å². The summed E-state index contributed by atoms with van der Waals surface area (Å²) in [6.07, 6.45) is 9.60. The fourth-order valence-corrected chi connectivity index (χ4v) is 5.18. The molecule has 182 valence electrons. The number of anilines is 1. The third kappa shape index (κ3) is 4.27. The van der Waals surface area contributed by atoms with Gasteiger partial charge in [0.2, 0.25) is 11.9 Å². The number of ether oxygens (including phenoxy) is 1. The Morgan fingerprint density at radius 2 is 2.03 bits per heavy atom. The van der Waals surface area contributed by atoms with Crippen LogP contribution in [0.3, 0.4) is 0 Å². The molecule has 0 spiro atoms. The van der Waals surface area contributed by atoms with E-state index < -0.39 is 0 Å². The number of hydrogen-bond donors (Lipinski definition) is 2. The lowest BCUT2D eigenvalue weighted by molar-refractivity contribution is -0.129. The average molecular weight is 468 g/mol. The van der Waals surface area contributed by atoms with Crippen molar-refractivity contribution in [3.63, 3.8) is 0 Å². The van der Waals surface area contributed by atoms with E-state index in [4.69, 9.17) is 9.84 Å². The summed E-state index contributed by atoms with van der Waals surface area (Å²) in [5.41, 5.74) is 3.97. The first-order valence-electron chi connectivity index (χ1n) is 12.1. The summed E-state index contributed by atoms with van der Waals surface area (Å²) < 4.78 is 8.99. The van der Waals surface area contributed by atoms with Crippen LogP contribution in [0, 0.1) is 0 Å². The third-order valence-corrected chi connectivity index (χ3v) is 7.08. The molecule has 1 saturated heterocycles. The molecule has 3 aromatic rings. The van der Waals surface area contributed by atoms with E-state index in [2.05, 4.69) is 21.5 Å². The molecule has 2 aliphatic rings. The highest BCUT2D eigenvalue weighted by atomic mass is 16.5. The summed E-state index contributed by atoms with van der Waals surface area (Å²) in [5, 5.41) is 22.7. The minimum absolute atomic E-state index is 0.0751. The largest absolute Gasteiger partial charge is 0.393 e. The summed E-state index contributed by atoms with van der Waals surface area (Å²) in [5.74, 6) is 0.956. The number of hydrogen-bond acceptors (Lipinski definition) is 7. The normalized spacial score (nSPS) is 24.2. The molecule has 2 N–H and O–H groups in total. The number of rotatable bonds is 7. The lowest BCUT2D eigenvalue weighted by Crippen LogP contribution is -2.24. The maximum Gasteiger partial charge on any atom is 0.247 e. The van der Waals surface area contributed by atoms with Crippen molar-refractivity contribution < 1.29 is 14.6 Å². The van der Waals surface area contributed by atoms with Crippen LogP contribution in [-0.2, 0) is 9.53 Å². The second-order valence-corrected chi connectivity index (χ2v) is 9.64. The molecule has 5 rings (SSSR count). The van der Waals surface area contributed by atoms with Crippen LogP contribution >= 0.6 is 0 Å². The Kier molecular flexibility index (Phi) is 6.26. The van der Waals surface area contributed by atoms with Crippen molar-refractivity contribution in [3.05, 3.63) is 30.4 Å². The van der Waals surface area contributed by atoms with E-state index in [1.165, 1.54) is 0 Å². The van der Waals surface area contributed by atoms with Crippen LogP contribution in [0.25, 0.3) is 16.6 Å². The molecule has 0 radical (unpaired) electrons. The molecule has 0 aromatic carbocycles. The van der Waals surface area contributed by atoms with Gasteiger partial charge in [0.05, 0.1) is 30.6 Å². The van der Waals surface area contributed by atoms with Gasteiger partial charge in [0.1, 0.15) is 6.04 Å². The molecule has 34 heavy (non-hydrogen) atoms. The highest BCUT2D eigenvalue weighted by molar-refractivity contribution is 5.83. The van der Waals surface area contributed by atoms with Gasteiger partial charge in [-0.3, -0.25) is 9.48 Å². The fourth-order valence-electron chi connectivity index (χ4n) is 5.18. The van der Waals surface area contributed by atoms with Crippen molar-refractivity contribution in [3.8, 4) is 11.1 Å². The van der Waals surface area contributed by atoms with E-state index in [0.29, 0.717) is 18.5 Å². The van der Waals surface area contributed by atoms with Gasteiger partial charge in [0.15, 0.2) is 0 Å². The van der Waals surface area contributed by atoms with Crippen LogP contribution in [-0.4, -0.2) is 79.7 Å². The first-order valence-corrected chi connectivity index (χ1v) is 12.1. The number of carbonyl (C=O) groups is 1. The maximum atomic E-state index is 12.5. The second-order valence-electron chi connectivity index (χ2n) is 9.64. The lowest BCUT2D eigenvalue weighted by atomic mass is 9.85. The van der Waals surface area contributed by atoms with Gasteiger partial charge >= 0.3 is 0 Å². The summed E-state index contributed by atoms with van der Waals surface area (Å²) in [6, 6.07) is 2.01. The zero-order valence-corrected chi connectivity index (χ0v) is 20.0. The molecule has 1 aliphatic heterocycles. The Balaban J connectivity index is 1.52. The Morgan fingerprint density at radius 1 is 1.24 bits per heavy atom. The van der Waals surface area contributed by atoms with Crippen molar-refractivity contribution in [2.45, 2.75) is 63.1 Å². The van der Waals surface area contributed by atoms with Gasteiger partial charge in [-0.05, 0) is 45.1 Å². The zero-order chi connectivity index (χ0) is 23.8. The standard InChI is InChI=1S/C24H33N7O3/c1-15(14-34-3)27-24-25-12-22-19(10-21(31(22)28-24)16-4-6-18(32)7-5-16)17-11-26-30(13-17)20-8-9-29(2)23(20)33/h10-13,15-16,18,20,32H,4-9,14H2,1-3H3,(H,27,28)/t15-,16?,18?,20?/m0/s1. The minimum atomic E-state index is -0.249. The van der Waals surface area contributed by atoms with Gasteiger partial charge < -0.3 is 20.1 Å². The predicted molar refractivity (Wildman–Crippen MR) is 128 cm³/mol. The van der Waals surface area contributed by atoms with Crippen molar-refractivity contribution in [1.82, 2.24) is 29.3 Å². The molecular formula is C24H33N7O3. The van der Waals surface area contributed by atoms with Crippen molar-refractivity contribution in [1.29, 1.82) is 0 Å². The number of methoxy groups -OCH3 is 1. The smallest absolute Gasteiger partial charge is 0.247 e. The van der Waals surface area contributed by atoms with Crippen molar-refractivity contribution in [2.75, 3.05) is 32.6 Å². The maximum absolute atomic E-state index is 12.5. The summed E-state index contributed by atoms with van der Waals surface area (Å²) >= 11 is 0. The Hall–Kier alpha value is -2.98. The number of fused-ring (bicyclic) bond motifs is 1. The molecule has 3 aromatic heterocycles. The van der Waals surface area contributed by atoms with Crippen LogP contribution in [0.2, 0.25) is 0 Å². The summed E-state index contributed by atoms with van der Waals surface area (Å²) in [4.78, 5) is 18.8. The Morgan fingerprint density at radius 3 is 2.74 bits per heavy atom. The highest BCUT2D eigenvalue weighted by Crippen LogP contribution is 2.38. The fraction of sp³-hybridized carbons (Fsp3) is 0.583. The molecular weight excluding hydrogens is 434 g/mol. The van der Waals surface area contributed by atoms with Crippen molar-refractivity contribution >= 4 is 17.4 Å². The van der Waals surface area contributed by atoms with Crippen molar-refractivity contribution in [2.24, 2.45) is 0 Å². The number of nitrogens with one attached hydrogen (secondary N) is 1. The Bertz CT molecular complexity index is 1160. The number of nitrogens with zero attached hydrogens (tertiary/aromatic N) is 6. The third-order valence-electron chi connectivity index (χ3n) is 7.08. The number of likely N-dealkylation sites (tertiary alicyclic amines) is 1. The molecule has 4 heterocycles. The van der Waals surface area contributed by atoms with Gasteiger partial charge in [-0.2, -0.15) is 5.10 Å². The van der Waals surface area contributed by atoms with E-state index >= 15 is 0 Å². The monoisotopic (exact) mass is 467 g/mol. The molecule has 1 amide bonds. The highest BCUT2D eigenvalue weighted by Gasteiger charge is 2.32. The molecule has 2 atom stereocenters. The molecule has 0 bridgehead atoms. The number of aromatic nitrogens is 5. The molecule has 1 unspecified atom stereocenters. The van der Waals surface area contributed by atoms with Crippen LogP contribution in [0.5, 0.6) is 0 Å². The number of aliphatic hydroxyl groups excluding tert-OH is 1. The first-order chi connectivity index (χ1) is 16.4. The molecule has 1 saturated carbocycles. The van der Waals surface area contributed by atoms with Crippen LogP contribution in [0.4, 0.5) is 5.95 Å². The van der Waals surface area contributed by atoms with Gasteiger partial charge in [0.25, 0.3) is 0 Å². The molecule has 1 aliphatic carbocycles. The number of amides is 1. The van der Waals surface area contributed by atoms with E-state index in [-0.39, 0.29) is 24.1 Å². The lowest BCUT2D eigenvalue weighted by Gasteiger charge is -2.25. The summed E-state index contributed by atoms with van der Waals surface area (Å²) in [7, 11) is 3.51. The van der Waals surface area contributed by atoms with E-state index in [0.717, 1.165) is 61.0 Å². The predicted octanol–water partition coefficient (Wildman–Crippen LogP) is 2.46.